The van der Waals surface area contributed by atoms with Crippen molar-refractivity contribution >= 4 is 0 Å². The van der Waals surface area contributed by atoms with E-state index in [0.717, 1.165) is 11.8 Å². The summed E-state index contributed by atoms with van der Waals surface area (Å²) in [5.74, 6) is 1.88. The van der Waals surface area contributed by atoms with Crippen LogP contribution in [0.2, 0.25) is 0 Å². The first-order valence-electron chi connectivity index (χ1n) is 6.09. The first-order valence-corrected chi connectivity index (χ1v) is 6.09. The van der Waals surface area contributed by atoms with E-state index >= 15 is 0 Å². The topological polar surface area (TPSA) is 23.5 Å². The van der Waals surface area contributed by atoms with Crippen LogP contribution in [-0.2, 0) is 0 Å². The van der Waals surface area contributed by atoms with Crippen molar-refractivity contribution in [2.24, 2.45) is 11.8 Å². The molecule has 2 aliphatic carbocycles. The maximum Gasteiger partial charge on any atom is 0.0664 e. The number of hydrogen-bond donors (Lipinski definition) is 1. The molecule has 1 N–H and O–H groups in total. The van der Waals surface area contributed by atoms with Gasteiger partial charge in [0.05, 0.1) is 6.10 Å². The molecule has 0 saturated heterocycles. The third kappa shape index (κ3) is 2.96. The molecule has 0 amide bonds. The highest BCUT2D eigenvalue weighted by Gasteiger charge is 2.32. The normalized spacial score (nSPS) is 26.6. The van der Waals surface area contributed by atoms with E-state index in [-0.39, 0.29) is 6.10 Å². The minimum absolute atomic E-state index is 0.188. The van der Waals surface area contributed by atoms with Crippen molar-refractivity contribution in [1.82, 2.24) is 4.90 Å². The highest BCUT2D eigenvalue weighted by molar-refractivity contribution is 4.85. The van der Waals surface area contributed by atoms with Gasteiger partial charge in [-0.2, -0.15) is 0 Å². The maximum absolute atomic E-state index is 9.62. The zero-order valence-electron chi connectivity index (χ0n) is 9.45. The van der Waals surface area contributed by atoms with Gasteiger partial charge < -0.3 is 5.11 Å². The summed E-state index contributed by atoms with van der Waals surface area (Å²) in [6.07, 6.45) is 5.45. The van der Waals surface area contributed by atoms with Crippen LogP contribution in [0.15, 0.2) is 0 Å². The molecular formula is C12H23NO. The van der Waals surface area contributed by atoms with Crippen LogP contribution in [0.1, 0.15) is 39.5 Å². The lowest BCUT2D eigenvalue weighted by Crippen LogP contribution is -2.42. The Morgan fingerprint density at radius 2 is 1.50 bits per heavy atom. The highest BCUT2D eigenvalue weighted by atomic mass is 16.3. The van der Waals surface area contributed by atoms with E-state index in [0.29, 0.717) is 6.04 Å². The van der Waals surface area contributed by atoms with Gasteiger partial charge in [0.25, 0.3) is 0 Å². The first kappa shape index (κ1) is 10.4. The summed E-state index contributed by atoms with van der Waals surface area (Å²) < 4.78 is 0. The molecule has 0 aromatic rings. The zero-order valence-corrected chi connectivity index (χ0v) is 9.45. The molecule has 2 fully saturated rings. The summed E-state index contributed by atoms with van der Waals surface area (Å²) in [5.41, 5.74) is 0. The number of nitrogens with zero attached hydrogens (tertiary/aromatic N) is 1. The molecule has 82 valence electrons. The Kier molecular flexibility index (Phi) is 3.13. The average molecular weight is 197 g/mol. The Hall–Kier alpha value is -0.0800. The van der Waals surface area contributed by atoms with Crippen molar-refractivity contribution in [2.45, 2.75) is 51.7 Å². The molecule has 0 bridgehead atoms. The molecular weight excluding hydrogens is 174 g/mol. The van der Waals surface area contributed by atoms with Gasteiger partial charge in [0.15, 0.2) is 0 Å². The largest absolute Gasteiger partial charge is 0.392 e. The molecule has 0 heterocycles. The summed E-state index contributed by atoms with van der Waals surface area (Å²) in [6.45, 7) is 6.53. The van der Waals surface area contributed by atoms with Crippen LogP contribution in [0.3, 0.4) is 0 Å². The lowest BCUT2D eigenvalue weighted by atomic mass is 10.1. The van der Waals surface area contributed by atoms with E-state index < -0.39 is 0 Å². The Bertz CT molecular complexity index is 171. The first-order chi connectivity index (χ1) is 6.66. The number of hydrogen-bond acceptors (Lipinski definition) is 2. The monoisotopic (exact) mass is 197 g/mol. The Balaban J connectivity index is 1.81. The highest BCUT2D eigenvalue weighted by Crippen LogP contribution is 2.34. The Morgan fingerprint density at radius 1 is 1.07 bits per heavy atom. The molecule has 2 atom stereocenters. The summed E-state index contributed by atoms with van der Waals surface area (Å²) >= 11 is 0. The van der Waals surface area contributed by atoms with E-state index in [4.69, 9.17) is 0 Å². The van der Waals surface area contributed by atoms with Gasteiger partial charge in [0.1, 0.15) is 0 Å². The molecule has 14 heavy (non-hydrogen) atoms. The molecule has 0 spiro atoms. The minimum Gasteiger partial charge on any atom is -0.392 e. The van der Waals surface area contributed by atoms with Crippen LogP contribution in [0.5, 0.6) is 0 Å². The molecule has 2 saturated carbocycles. The predicted octanol–water partition coefficient (Wildman–Crippen LogP) is 1.88. The zero-order chi connectivity index (χ0) is 10.1. The smallest absolute Gasteiger partial charge is 0.0664 e. The van der Waals surface area contributed by atoms with Gasteiger partial charge in [0.2, 0.25) is 0 Å². The lowest BCUT2D eigenvalue weighted by Gasteiger charge is -2.31. The maximum atomic E-state index is 9.62. The van der Waals surface area contributed by atoms with Gasteiger partial charge in [-0.15, -0.1) is 0 Å². The van der Waals surface area contributed by atoms with Gasteiger partial charge in [-0.05, 0) is 51.4 Å². The van der Waals surface area contributed by atoms with Crippen molar-refractivity contribution in [3.05, 3.63) is 0 Å². The second-order valence-corrected chi connectivity index (χ2v) is 5.32. The van der Waals surface area contributed by atoms with Gasteiger partial charge in [-0.25, -0.2) is 0 Å². The average Bonchev–Trinajstić information content (AvgIpc) is 2.94. The molecule has 0 aromatic carbocycles. The molecule has 0 aliphatic heterocycles. The van der Waals surface area contributed by atoms with E-state index in [1.54, 1.807) is 0 Å². The predicted molar refractivity (Wildman–Crippen MR) is 58.2 cm³/mol. The fraction of sp³-hybridized carbons (Fsp3) is 1.00. The van der Waals surface area contributed by atoms with Crippen LogP contribution < -0.4 is 0 Å². The van der Waals surface area contributed by atoms with Gasteiger partial charge in [-0.3, -0.25) is 4.90 Å². The van der Waals surface area contributed by atoms with Crippen LogP contribution in [-0.4, -0.2) is 35.2 Å². The Morgan fingerprint density at radius 3 is 1.79 bits per heavy atom. The molecule has 2 nitrogen and oxygen atoms in total. The van der Waals surface area contributed by atoms with Crippen molar-refractivity contribution in [3.63, 3.8) is 0 Å². The standard InChI is InChI=1S/C12H23NO/c1-9(10(2)14)13(7-11-3-4-11)8-12-5-6-12/h9-12,14H,3-8H2,1-2H3. The fourth-order valence-corrected chi connectivity index (χ4v) is 1.98. The summed E-state index contributed by atoms with van der Waals surface area (Å²) in [4.78, 5) is 2.51. The van der Waals surface area contributed by atoms with E-state index in [2.05, 4.69) is 11.8 Å². The Labute approximate surface area is 87.3 Å². The van der Waals surface area contributed by atoms with Gasteiger partial charge in [0, 0.05) is 19.1 Å². The van der Waals surface area contributed by atoms with Crippen LogP contribution in [0, 0.1) is 11.8 Å². The molecule has 2 rings (SSSR count). The molecule has 0 radical (unpaired) electrons. The number of aliphatic hydroxyl groups is 1. The van der Waals surface area contributed by atoms with Crippen molar-refractivity contribution in [2.75, 3.05) is 13.1 Å². The SMILES string of the molecule is CC(O)C(C)N(CC1CC1)CC1CC1. The van der Waals surface area contributed by atoms with Crippen LogP contribution in [0.25, 0.3) is 0 Å². The molecule has 2 heteroatoms. The third-order valence-corrected chi connectivity index (χ3v) is 3.65. The van der Waals surface area contributed by atoms with Crippen LogP contribution in [0.4, 0.5) is 0 Å². The molecule has 2 aliphatic rings. The second kappa shape index (κ2) is 4.19. The number of aliphatic hydroxyl groups excluding tert-OH is 1. The fourth-order valence-electron chi connectivity index (χ4n) is 1.98. The van der Waals surface area contributed by atoms with Crippen molar-refractivity contribution < 1.29 is 5.11 Å². The van der Waals surface area contributed by atoms with E-state index in [9.17, 15) is 5.11 Å². The summed E-state index contributed by atoms with van der Waals surface area (Å²) in [6, 6.07) is 0.344. The summed E-state index contributed by atoms with van der Waals surface area (Å²) in [5, 5.41) is 9.62. The lowest BCUT2D eigenvalue weighted by molar-refractivity contribution is 0.0647. The van der Waals surface area contributed by atoms with Crippen molar-refractivity contribution in [1.29, 1.82) is 0 Å². The minimum atomic E-state index is -0.188. The molecule has 2 unspecified atom stereocenters. The quantitative estimate of drug-likeness (QED) is 0.703. The summed E-state index contributed by atoms with van der Waals surface area (Å²) in [7, 11) is 0. The number of rotatable bonds is 6. The molecule has 0 aromatic heterocycles. The van der Waals surface area contributed by atoms with E-state index in [1.165, 1.54) is 38.8 Å². The van der Waals surface area contributed by atoms with Crippen LogP contribution >= 0.6 is 0 Å². The second-order valence-electron chi connectivity index (χ2n) is 5.32. The van der Waals surface area contributed by atoms with E-state index in [1.807, 2.05) is 6.92 Å². The van der Waals surface area contributed by atoms with Gasteiger partial charge >= 0.3 is 0 Å². The van der Waals surface area contributed by atoms with Crippen molar-refractivity contribution in [3.8, 4) is 0 Å². The third-order valence-electron chi connectivity index (χ3n) is 3.65. The van der Waals surface area contributed by atoms with Gasteiger partial charge in [-0.1, -0.05) is 0 Å².